The SMILES string of the molecule is O=C1CCCN1c1ccc(F)c(SCc2ccccc2)c1F. The number of carbonyl (C=O) groups is 1. The van der Waals surface area contributed by atoms with Crippen LogP contribution >= 0.6 is 11.8 Å². The Morgan fingerprint density at radius 1 is 1.09 bits per heavy atom. The number of nitrogens with zero attached hydrogens (tertiary/aromatic N) is 1. The Balaban J connectivity index is 1.85. The van der Waals surface area contributed by atoms with Gasteiger partial charge in [0, 0.05) is 18.7 Å². The van der Waals surface area contributed by atoms with Crippen LogP contribution in [-0.2, 0) is 10.5 Å². The third-order valence-corrected chi connectivity index (χ3v) is 4.76. The Labute approximate surface area is 132 Å². The number of anilines is 1. The van der Waals surface area contributed by atoms with E-state index in [2.05, 4.69) is 0 Å². The molecule has 1 fully saturated rings. The summed E-state index contributed by atoms with van der Waals surface area (Å²) in [5.41, 5.74) is 1.17. The summed E-state index contributed by atoms with van der Waals surface area (Å²) in [4.78, 5) is 13.1. The van der Waals surface area contributed by atoms with Crippen molar-refractivity contribution in [3.63, 3.8) is 0 Å². The molecule has 22 heavy (non-hydrogen) atoms. The maximum atomic E-state index is 14.6. The lowest BCUT2D eigenvalue weighted by Gasteiger charge is -2.18. The van der Waals surface area contributed by atoms with Crippen molar-refractivity contribution in [2.75, 3.05) is 11.4 Å². The minimum atomic E-state index is -0.642. The smallest absolute Gasteiger partial charge is 0.227 e. The largest absolute Gasteiger partial charge is 0.310 e. The van der Waals surface area contributed by atoms with Crippen molar-refractivity contribution in [3.05, 3.63) is 59.7 Å². The van der Waals surface area contributed by atoms with Gasteiger partial charge in [-0.25, -0.2) is 8.78 Å². The molecular weight excluding hydrogens is 304 g/mol. The fourth-order valence-corrected chi connectivity index (χ4v) is 3.44. The summed E-state index contributed by atoms with van der Waals surface area (Å²) in [6.07, 6.45) is 1.13. The lowest BCUT2D eigenvalue weighted by atomic mass is 10.2. The molecule has 114 valence electrons. The summed E-state index contributed by atoms with van der Waals surface area (Å²) in [6.45, 7) is 0.490. The van der Waals surface area contributed by atoms with Crippen molar-refractivity contribution < 1.29 is 13.6 Å². The molecule has 0 saturated carbocycles. The molecule has 1 aliphatic rings. The molecule has 0 atom stereocenters. The topological polar surface area (TPSA) is 20.3 Å². The van der Waals surface area contributed by atoms with E-state index in [1.54, 1.807) is 0 Å². The average Bonchev–Trinajstić information content (AvgIpc) is 2.94. The molecule has 1 aliphatic heterocycles. The highest BCUT2D eigenvalue weighted by atomic mass is 32.2. The number of hydrogen-bond acceptors (Lipinski definition) is 2. The van der Waals surface area contributed by atoms with Gasteiger partial charge in [0.15, 0.2) is 5.82 Å². The van der Waals surface area contributed by atoms with E-state index in [4.69, 9.17) is 0 Å². The maximum absolute atomic E-state index is 14.6. The lowest BCUT2D eigenvalue weighted by molar-refractivity contribution is -0.117. The monoisotopic (exact) mass is 319 g/mol. The van der Waals surface area contributed by atoms with Crippen molar-refractivity contribution in [1.29, 1.82) is 0 Å². The number of benzene rings is 2. The first-order valence-corrected chi connectivity index (χ1v) is 8.10. The van der Waals surface area contributed by atoms with Crippen LogP contribution < -0.4 is 4.90 Å². The second-order valence-electron chi connectivity index (χ2n) is 5.13. The normalized spacial score (nSPS) is 14.6. The molecule has 0 aromatic heterocycles. The fraction of sp³-hybridized carbons (Fsp3) is 0.235. The Hall–Kier alpha value is -1.88. The Kier molecular flexibility index (Phi) is 4.43. The van der Waals surface area contributed by atoms with Crippen LogP contribution in [0.15, 0.2) is 47.4 Å². The first kappa shape index (κ1) is 15.0. The van der Waals surface area contributed by atoms with Crippen LogP contribution in [0.2, 0.25) is 0 Å². The number of amides is 1. The van der Waals surface area contributed by atoms with Gasteiger partial charge in [-0.15, -0.1) is 11.8 Å². The van der Waals surface area contributed by atoms with E-state index in [-0.39, 0.29) is 16.5 Å². The average molecular weight is 319 g/mol. The molecule has 0 unspecified atom stereocenters. The van der Waals surface area contributed by atoms with Gasteiger partial charge in [0.05, 0.1) is 10.6 Å². The fourth-order valence-electron chi connectivity index (χ4n) is 2.50. The van der Waals surface area contributed by atoms with Gasteiger partial charge in [0.1, 0.15) is 5.82 Å². The number of hydrogen-bond donors (Lipinski definition) is 0. The zero-order chi connectivity index (χ0) is 15.5. The number of carbonyl (C=O) groups excluding carboxylic acids is 1. The molecule has 2 aromatic rings. The van der Waals surface area contributed by atoms with E-state index in [1.165, 1.54) is 17.0 Å². The minimum Gasteiger partial charge on any atom is -0.310 e. The zero-order valence-corrected chi connectivity index (χ0v) is 12.7. The number of rotatable bonds is 4. The molecule has 0 aliphatic carbocycles. The molecule has 2 nitrogen and oxygen atoms in total. The molecule has 0 N–H and O–H groups in total. The zero-order valence-electron chi connectivity index (χ0n) is 11.9. The van der Waals surface area contributed by atoms with Crippen molar-refractivity contribution in [2.24, 2.45) is 0 Å². The summed E-state index contributed by atoms with van der Waals surface area (Å²) in [5, 5.41) is 0. The molecule has 1 saturated heterocycles. The van der Waals surface area contributed by atoms with Crippen molar-refractivity contribution in [3.8, 4) is 0 Å². The summed E-state index contributed by atoms with van der Waals surface area (Å²) in [6, 6.07) is 12.1. The van der Waals surface area contributed by atoms with E-state index < -0.39 is 11.6 Å². The van der Waals surface area contributed by atoms with Gasteiger partial charge in [-0.3, -0.25) is 4.79 Å². The summed E-state index contributed by atoms with van der Waals surface area (Å²) in [5.74, 6) is -0.860. The molecule has 1 amide bonds. The highest BCUT2D eigenvalue weighted by molar-refractivity contribution is 7.98. The van der Waals surface area contributed by atoms with E-state index in [9.17, 15) is 13.6 Å². The van der Waals surface area contributed by atoms with Crippen LogP contribution in [0.3, 0.4) is 0 Å². The summed E-state index contributed by atoms with van der Waals surface area (Å²) < 4.78 is 28.6. The number of halogens is 2. The number of thioether (sulfide) groups is 1. The maximum Gasteiger partial charge on any atom is 0.227 e. The Bertz CT molecular complexity index is 691. The quantitative estimate of drug-likeness (QED) is 0.779. The molecule has 0 bridgehead atoms. The standard InChI is InChI=1S/C17H15F2NOS/c18-13-8-9-14(20-10-4-7-15(20)21)16(19)17(13)22-11-12-5-2-1-3-6-12/h1-3,5-6,8-9H,4,7,10-11H2. The Morgan fingerprint density at radius 3 is 2.55 bits per heavy atom. The van der Waals surface area contributed by atoms with E-state index in [1.807, 2.05) is 30.3 Å². The first-order valence-electron chi connectivity index (χ1n) is 7.12. The molecule has 0 spiro atoms. The highest BCUT2D eigenvalue weighted by Crippen LogP contribution is 2.35. The van der Waals surface area contributed by atoms with Crippen LogP contribution in [0.5, 0.6) is 0 Å². The van der Waals surface area contributed by atoms with Crippen molar-refractivity contribution in [1.82, 2.24) is 0 Å². The van der Waals surface area contributed by atoms with E-state index in [0.717, 1.165) is 17.3 Å². The second kappa shape index (κ2) is 6.48. The third kappa shape index (κ3) is 2.99. The predicted molar refractivity (Wildman–Crippen MR) is 83.9 cm³/mol. The Morgan fingerprint density at radius 2 is 1.86 bits per heavy atom. The van der Waals surface area contributed by atoms with Crippen LogP contribution in [-0.4, -0.2) is 12.5 Å². The molecule has 3 rings (SSSR count). The lowest BCUT2D eigenvalue weighted by Crippen LogP contribution is -2.25. The van der Waals surface area contributed by atoms with E-state index in [0.29, 0.717) is 25.1 Å². The van der Waals surface area contributed by atoms with Crippen LogP contribution in [0.25, 0.3) is 0 Å². The summed E-state index contributed by atoms with van der Waals surface area (Å²) in [7, 11) is 0. The molecular formula is C17H15F2NOS. The summed E-state index contributed by atoms with van der Waals surface area (Å²) >= 11 is 1.11. The third-order valence-electron chi connectivity index (χ3n) is 3.62. The van der Waals surface area contributed by atoms with Gasteiger partial charge < -0.3 is 4.90 Å². The predicted octanol–water partition coefficient (Wildman–Crippen LogP) is 4.38. The van der Waals surface area contributed by atoms with Gasteiger partial charge in [0.2, 0.25) is 5.91 Å². The van der Waals surface area contributed by atoms with Gasteiger partial charge in [-0.05, 0) is 24.1 Å². The van der Waals surface area contributed by atoms with Crippen LogP contribution in [0, 0.1) is 11.6 Å². The van der Waals surface area contributed by atoms with Gasteiger partial charge >= 0.3 is 0 Å². The molecule has 2 aromatic carbocycles. The molecule has 1 heterocycles. The molecule has 0 radical (unpaired) electrons. The van der Waals surface area contributed by atoms with Gasteiger partial charge in [0.25, 0.3) is 0 Å². The van der Waals surface area contributed by atoms with Gasteiger partial charge in [-0.2, -0.15) is 0 Å². The van der Waals surface area contributed by atoms with Gasteiger partial charge in [-0.1, -0.05) is 30.3 Å². The minimum absolute atomic E-state index is 0.0268. The van der Waals surface area contributed by atoms with Crippen molar-refractivity contribution in [2.45, 2.75) is 23.5 Å². The second-order valence-corrected chi connectivity index (χ2v) is 6.12. The van der Waals surface area contributed by atoms with E-state index >= 15 is 0 Å². The highest BCUT2D eigenvalue weighted by Gasteiger charge is 2.26. The molecule has 5 heteroatoms. The first-order chi connectivity index (χ1) is 10.7. The van der Waals surface area contributed by atoms with Crippen LogP contribution in [0.1, 0.15) is 18.4 Å². The van der Waals surface area contributed by atoms with Crippen molar-refractivity contribution >= 4 is 23.4 Å². The van der Waals surface area contributed by atoms with Crippen LogP contribution in [0.4, 0.5) is 14.5 Å².